The zero-order valence-corrected chi connectivity index (χ0v) is 9.69. The van der Waals surface area contributed by atoms with Crippen molar-refractivity contribution in [1.29, 1.82) is 0 Å². The lowest BCUT2D eigenvalue weighted by atomic mass is 10.1. The summed E-state index contributed by atoms with van der Waals surface area (Å²) in [6, 6.07) is 12.7. The van der Waals surface area contributed by atoms with Crippen LogP contribution in [-0.4, -0.2) is 5.91 Å². The SMILES string of the molecule is Nc1cccc(C(=O)NCc2ccc(F)cc2)c1. The fourth-order valence-corrected chi connectivity index (χ4v) is 1.57. The molecule has 0 bridgehead atoms. The third kappa shape index (κ3) is 3.07. The number of carbonyl (C=O) groups is 1. The summed E-state index contributed by atoms with van der Waals surface area (Å²) in [5, 5.41) is 2.74. The monoisotopic (exact) mass is 244 g/mol. The van der Waals surface area contributed by atoms with Crippen molar-refractivity contribution in [2.75, 3.05) is 5.73 Å². The van der Waals surface area contributed by atoms with E-state index in [1.54, 1.807) is 36.4 Å². The fourth-order valence-electron chi connectivity index (χ4n) is 1.57. The highest BCUT2D eigenvalue weighted by molar-refractivity contribution is 5.94. The molecule has 2 aromatic rings. The Morgan fingerprint density at radius 3 is 2.56 bits per heavy atom. The number of benzene rings is 2. The minimum atomic E-state index is -0.291. The van der Waals surface area contributed by atoms with Crippen molar-refractivity contribution in [3.05, 3.63) is 65.5 Å². The van der Waals surface area contributed by atoms with Gasteiger partial charge in [0.1, 0.15) is 5.82 Å². The third-order valence-corrected chi connectivity index (χ3v) is 2.52. The first kappa shape index (κ1) is 12.1. The van der Waals surface area contributed by atoms with Crippen LogP contribution in [0.25, 0.3) is 0 Å². The number of halogens is 1. The Balaban J connectivity index is 1.98. The van der Waals surface area contributed by atoms with Gasteiger partial charge < -0.3 is 11.1 Å². The van der Waals surface area contributed by atoms with E-state index in [1.807, 2.05) is 0 Å². The summed E-state index contributed by atoms with van der Waals surface area (Å²) >= 11 is 0. The highest BCUT2D eigenvalue weighted by atomic mass is 19.1. The van der Waals surface area contributed by atoms with Gasteiger partial charge in [-0.3, -0.25) is 4.79 Å². The molecule has 92 valence electrons. The second-order valence-electron chi connectivity index (χ2n) is 3.93. The summed E-state index contributed by atoms with van der Waals surface area (Å²) in [5.74, 6) is -0.493. The molecule has 4 heteroatoms. The topological polar surface area (TPSA) is 55.1 Å². The average molecular weight is 244 g/mol. The normalized spacial score (nSPS) is 10.1. The second kappa shape index (κ2) is 5.31. The molecule has 0 heterocycles. The molecule has 0 radical (unpaired) electrons. The molecule has 3 N–H and O–H groups in total. The molecule has 18 heavy (non-hydrogen) atoms. The Labute approximate surface area is 104 Å². The van der Waals surface area contributed by atoms with Gasteiger partial charge in [-0.2, -0.15) is 0 Å². The molecule has 0 aliphatic rings. The lowest BCUT2D eigenvalue weighted by molar-refractivity contribution is 0.0951. The first-order valence-electron chi connectivity index (χ1n) is 5.53. The van der Waals surface area contributed by atoms with Crippen LogP contribution in [0.4, 0.5) is 10.1 Å². The molecule has 0 aliphatic heterocycles. The van der Waals surface area contributed by atoms with Gasteiger partial charge in [0.15, 0.2) is 0 Å². The number of carbonyl (C=O) groups excluding carboxylic acids is 1. The first-order valence-corrected chi connectivity index (χ1v) is 5.53. The summed E-state index contributed by atoms with van der Waals surface area (Å²) in [6.07, 6.45) is 0. The summed E-state index contributed by atoms with van der Waals surface area (Å²) < 4.78 is 12.7. The van der Waals surface area contributed by atoms with E-state index in [0.29, 0.717) is 17.8 Å². The number of hydrogen-bond donors (Lipinski definition) is 2. The molecule has 0 aliphatic carbocycles. The van der Waals surface area contributed by atoms with E-state index in [9.17, 15) is 9.18 Å². The number of nitrogens with one attached hydrogen (secondary N) is 1. The standard InChI is InChI=1S/C14H13FN2O/c15-12-6-4-10(5-7-12)9-17-14(18)11-2-1-3-13(16)8-11/h1-8H,9,16H2,(H,17,18). The lowest BCUT2D eigenvalue weighted by Crippen LogP contribution is -2.22. The molecule has 0 unspecified atom stereocenters. The van der Waals surface area contributed by atoms with Gasteiger partial charge in [-0.05, 0) is 35.9 Å². The smallest absolute Gasteiger partial charge is 0.251 e. The van der Waals surface area contributed by atoms with E-state index in [2.05, 4.69) is 5.32 Å². The van der Waals surface area contributed by atoms with E-state index >= 15 is 0 Å². The summed E-state index contributed by atoms with van der Waals surface area (Å²) in [7, 11) is 0. The maximum Gasteiger partial charge on any atom is 0.251 e. The van der Waals surface area contributed by atoms with Crippen LogP contribution in [0.3, 0.4) is 0 Å². The molecule has 0 aromatic heterocycles. The minimum absolute atomic E-state index is 0.202. The number of anilines is 1. The third-order valence-electron chi connectivity index (χ3n) is 2.52. The number of nitrogens with two attached hydrogens (primary N) is 1. The molecule has 3 nitrogen and oxygen atoms in total. The van der Waals surface area contributed by atoms with Crippen LogP contribution in [0.15, 0.2) is 48.5 Å². The fraction of sp³-hybridized carbons (Fsp3) is 0.0714. The number of hydrogen-bond acceptors (Lipinski definition) is 2. The zero-order valence-electron chi connectivity index (χ0n) is 9.69. The zero-order chi connectivity index (χ0) is 13.0. The molecule has 0 atom stereocenters. The Hall–Kier alpha value is -2.36. The Kier molecular flexibility index (Phi) is 3.57. The van der Waals surface area contributed by atoms with Gasteiger partial charge in [0.05, 0.1) is 0 Å². The van der Waals surface area contributed by atoms with E-state index < -0.39 is 0 Å². The number of rotatable bonds is 3. The number of amides is 1. The summed E-state index contributed by atoms with van der Waals surface area (Å²) in [5.41, 5.74) is 7.50. The predicted molar refractivity (Wildman–Crippen MR) is 68.4 cm³/mol. The Morgan fingerprint density at radius 1 is 1.17 bits per heavy atom. The van der Waals surface area contributed by atoms with E-state index in [4.69, 9.17) is 5.73 Å². The largest absolute Gasteiger partial charge is 0.399 e. The van der Waals surface area contributed by atoms with Crippen LogP contribution >= 0.6 is 0 Å². The molecule has 0 spiro atoms. The van der Waals surface area contributed by atoms with Crippen molar-refractivity contribution in [2.45, 2.75) is 6.54 Å². The molecular weight excluding hydrogens is 231 g/mol. The summed E-state index contributed by atoms with van der Waals surface area (Å²) in [6.45, 7) is 0.355. The maximum atomic E-state index is 12.7. The van der Waals surface area contributed by atoms with Crippen LogP contribution in [0.2, 0.25) is 0 Å². The van der Waals surface area contributed by atoms with Gasteiger partial charge in [0.25, 0.3) is 5.91 Å². The Morgan fingerprint density at radius 2 is 1.89 bits per heavy atom. The Bertz CT molecular complexity index is 552. The molecule has 2 rings (SSSR count). The van der Waals surface area contributed by atoms with Crippen LogP contribution in [0, 0.1) is 5.82 Å². The molecule has 0 saturated heterocycles. The van der Waals surface area contributed by atoms with Crippen LogP contribution < -0.4 is 11.1 Å². The molecule has 0 fully saturated rings. The van der Waals surface area contributed by atoms with Gasteiger partial charge in [-0.25, -0.2) is 4.39 Å². The highest BCUT2D eigenvalue weighted by Crippen LogP contribution is 2.07. The molecule has 1 amide bonds. The van der Waals surface area contributed by atoms with Crippen molar-refractivity contribution in [3.8, 4) is 0 Å². The van der Waals surface area contributed by atoms with E-state index in [0.717, 1.165) is 5.56 Å². The molecule has 0 saturated carbocycles. The van der Waals surface area contributed by atoms with E-state index in [-0.39, 0.29) is 11.7 Å². The van der Waals surface area contributed by atoms with Crippen molar-refractivity contribution in [3.63, 3.8) is 0 Å². The quantitative estimate of drug-likeness (QED) is 0.814. The van der Waals surface area contributed by atoms with Crippen LogP contribution in [-0.2, 0) is 6.54 Å². The van der Waals surface area contributed by atoms with Gasteiger partial charge in [0, 0.05) is 17.8 Å². The van der Waals surface area contributed by atoms with Crippen molar-refractivity contribution >= 4 is 11.6 Å². The van der Waals surface area contributed by atoms with Crippen molar-refractivity contribution < 1.29 is 9.18 Å². The highest BCUT2D eigenvalue weighted by Gasteiger charge is 2.05. The van der Waals surface area contributed by atoms with Crippen LogP contribution in [0.5, 0.6) is 0 Å². The van der Waals surface area contributed by atoms with Gasteiger partial charge >= 0.3 is 0 Å². The predicted octanol–water partition coefficient (Wildman–Crippen LogP) is 2.34. The van der Waals surface area contributed by atoms with Crippen molar-refractivity contribution in [2.24, 2.45) is 0 Å². The average Bonchev–Trinajstić information content (AvgIpc) is 2.38. The van der Waals surface area contributed by atoms with Gasteiger partial charge in [0.2, 0.25) is 0 Å². The molecule has 2 aromatic carbocycles. The van der Waals surface area contributed by atoms with Crippen LogP contribution in [0.1, 0.15) is 15.9 Å². The number of nitrogen functional groups attached to an aromatic ring is 1. The maximum absolute atomic E-state index is 12.7. The lowest BCUT2D eigenvalue weighted by Gasteiger charge is -2.06. The minimum Gasteiger partial charge on any atom is -0.399 e. The molecular formula is C14H13FN2O. The van der Waals surface area contributed by atoms with E-state index in [1.165, 1.54) is 12.1 Å². The van der Waals surface area contributed by atoms with Gasteiger partial charge in [-0.15, -0.1) is 0 Å². The second-order valence-corrected chi connectivity index (χ2v) is 3.93. The summed E-state index contributed by atoms with van der Waals surface area (Å²) in [4.78, 5) is 11.8. The van der Waals surface area contributed by atoms with Gasteiger partial charge in [-0.1, -0.05) is 18.2 Å². The first-order chi connectivity index (χ1) is 8.65. The van der Waals surface area contributed by atoms with Crippen molar-refractivity contribution in [1.82, 2.24) is 5.32 Å².